The molecule has 0 bridgehead atoms. The molecular formula is C10H21N3O2. The van der Waals surface area contributed by atoms with Crippen molar-refractivity contribution in [3.8, 4) is 0 Å². The molecule has 1 unspecified atom stereocenters. The summed E-state index contributed by atoms with van der Waals surface area (Å²) in [5, 5.41) is 5.28. The first-order valence-corrected chi connectivity index (χ1v) is 5.27. The van der Waals surface area contributed by atoms with Gasteiger partial charge in [-0.25, -0.2) is 0 Å². The maximum Gasteiger partial charge on any atom is 0.239 e. The molecule has 0 heterocycles. The highest BCUT2D eigenvalue weighted by molar-refractivity contribution is 5.85. The third kappa shape index (κ3) is 6.06. The van der Waals surface area contributed by atoms with E-state index in [1.165, 1.54) is 0 Å². The van der Waals surface area contributed by atoms with Gasteiger partial charge >= 0.3 is 0 Å². The summed E-state index contributed by atoms with van der Waals surface area (Å²) in [7, 11) is 0. The van der Waals surface area contributed by atoms with Crippen LogP contribution in [0.5, 0.6) is 0 Å². The van der Waals surface area contributed by atoms with Gasteiger partial charge in [-0.05, 0) is 12.3 Å². The molecule has 0 rings (SSSR count). The highest BCUT2D eigenvalue weighted by Crippen LogP contribution is 2.04. The Hall–Kier alpha value is -1.10. The number of carbonyl (C=O) groups excluding carboxylic acids is 2. The topological polar surface area (TPSA) is 84.2 Å². The number of nitrogens with one attached hydrogen (secondary N) is 2. The lowest BCUT2D eigenvalue weighted by molar-refractivity contribution is -0.125. The minimum Gasteiger partial charge on any atom is -0.352 e. The van der Waals surface area contributed by atoms with E-state index < -0.39 is 0 Å². The molecular weight excluding hydrogens is 194 g/mol. The molecule has 0 saturated heterocycles. The van der Waals surface area contributed by atoms with Crippen LogP contribution in [0, 0.1) is 5.92 Å². The van der Waals surface area contributed by atoms with E-state index in [4.69, 9.17) is 5.73 Å². The van der Waals surface area contributed by atoms with E-state index in [2.05, 4.69) is 10.6 Å². The van der Waals surface area contributed by atoms with Gasteiger partial charge in [0.1, 0.15) is 0 Å². The molecule has 0 aromatic carbocycles. The fourth-order valence-corrected chi connectivity index (χ4v) is 1.25. The van der Waals surface area contributed by atoms with Gasteiger partial charge < -0.3 is 16.4 Å². The van der Waals surface area contributed by atoms with Crippen LogP contribution in [0.4, 0.5) is 0 Å². The second kappa shape index (κ2) is 7.23. The zero-order valence-corrected chi connectivity index (χ0v) is 9.67. The zero-order valence-electron chi connectivity index (χ0n) is 9.67. The number of nitrogens with two attached hydrogens (primary N) is 1. The fraction of sp³-hybridized carbons (Fsp3) is 0.800. The Labute approximate surface area is 90.8 Å². The Balaban J connectivity index is 3.86. The van der Waals surface area contributed by atoms with Crippen LogP contribution in [0.15, 0.2) is 0 Å². The van der Waals surface area contributed by atoms with Crippen LogP contribution in [0.1, 0.15) is 27.2 Å². The van der Waals surface area contributed by atoms with Crippen LogP contribution < -0.4 is 16.4 Å². The number of hydrogen-bond donors (Lipinski definition) is 3. The molecule has 0 aliphatic rings. The average molecular weight is 215 g/mol. The summed E-state index contributed by atoms with van der Waals surface area (Å²) in [6, 6.07) is 0.160. The maximum absolute atomic E-state index is 11.4. The second-order valence-corrected chi connectivity index (χ2v) is 3.81. The van der Waals surface area contributed by atoms with Crippen molar-refractivity contribution in [3.63, 3.8) is 0 Å². The van der Waals surface area contributed by atoms with E-state index in [9.17, 15) is 9.59 Å². The van der Waals surface area contributed by atoms with E-state index in [1.807, 2.05) is 20.8 Å². The number of rotatable bonds is 6. The Morgan fingerprint density at radius 3 is 2.27 bits per heavy atom. The highest BCUT2D eigenvalue weighted by atomic mass is 16.2. The third-order valence-corrected chi connectivity index (χ3v) is 2.22. The summed E-state index contributed by atoms with van der Waals surface area (Å²) in [4.78, 5) is 22.2. The van der Waals surface area contributed by atoms with E-state index in [-0.39, 0.29) is 30.9 Å². The number of carbonyl (C=O) groups is 2. The molecule has 15 heavy (non-hydrogen) atoms. The van der Waals surface area contributed by atoms with Crippen molar-refractivity contribution in [2.75, 3.05) is 13.1 Å². The lowest BCUT2D eigenvalue weighted by atomic mass is 10.0. The minimum absolute atomic E-state index is 0.000741. The maximum atomic E-state index is 11.4. The fourth-order valence-electron chi connectivity index (χ4n) is 1.25. The van der Waals surface area contributed by atoms with Crippen molar-refractivity contribution in [3.05, 3.63) is 0 Å². The standard InChI is InChI=1S/C10H21N3O2/c1-4-8(7(2)3)13-10(15)6-12-9(14)5-11/h7-8H,4-6,11H2,1-3H3,(H,12,14)(H,13,15). The van der Waals surface area contributed by atoms with Gasteiger partial charge in [-0.15, -0.1) is 0 Å². The van der Waals surface area contributed by atoms with Gasteiger partial charge in [0.25, 0.3) is 0 Å². The number of amides is 2. The van der Waals surface area contributed by atoms with Crippen molar-refractivity contribution >= 4 is 11.8 Å². The Morgan fingerprint density at radius 1 is 1.27 bits per heavy atom. The Bertz CT molecular complexity index is 217. The van der Waals surface area contributed by atoms with Crippen molar-refractivity contribution in [2.24, 2.45) is 11.7 Å². The summed E-state index contributed by atoms with van der Waals surface area (Å²) >= 11 is 0. The summed E-state index contributed by atoms with van der Waals surface area (Å²) < 4.78 is 0. The molecule has 5 heteroatoms. The van der Waals surface area contributed by atoms with E-state index in [1.54, 1.807) is 0 Å². The molecule has 88 valence electrons. The van der Waals surface area contributed by atoms with Crippen LogP contribution in [-0.4, -0.2) is 30.9 Å². The first-order chi connectivity index (χ1) is 7.01. The van der Waals surface area contributed by atoms with Crippen molar-refractivity contribution in [2.45, 2.75) is 33.2 Å². The van der Waals surface area contributed by atoms with E-state index in [0.29, 0.717) is 5.92 Å². The second-order valence-electron chi connectivity index (χ2n) is 3.81. The predicted octanol–water partition coefficient (Wildman–Crippen LogP) is -0.388. The molecule has 5 nitrogen and oxygen atoms in total. The summed E-state index contributed by atoms with van der Waals surface area (Å²) in [5.41, 5.74) is 5.09. The van der Waals surface area contributed by atoms with Gasteiger partial charge in [0, 0.05) is 6.04 Å². The Morgan fingerprint density at radius 2 is 1.87 bits per heavy atom. The summed E-state index contributed by atoms with van der Waals surface area (Å²) in [6.45, 7) is 6.02. The SMILES string of the molecule is CCC(NC(=O)CNC(=O)CN)C(C)C. The Kier molecular flexibility index (Phi) is 6.70. The quantitative estimate of drug-likeness (QED) is 0.564. The predicted molar refractivity (Wildman–Crippen MR) is 59.1 cm³/mol. The van der Waals surface area contributed by atoms with Crippen LogP contribution in [-0.2, 0) is 9.59 Å². The number of hydrogen-bond acceptors (Lipinski definition) is 3. The highest BCUT2D eigenvalue weighted by Gasteiger charge is 2.13. The van der Waals surface area contributed by atoms with Gasteiger partial charge in [0.15, 0.2) is 0 Å². The van der Waals surface area contributed by atoms with E-state index in [0.717, 1.165) is 6.42 Å². The zero-order chi connectivity index (χ0) is 11.8. The van der Waals surface area contributed by atoms with Gasteiger partial charge in [0.2, 0.25) is 11.8 Å². The molecule has 0 saturated carbocycles. The van der Waals surface area contributed by atoms with Gasteiger partial charge in [-0.2, -0.15) is 0 Å². The van der Waals surface area contributed by atoms with Gasteiger partial charge in [-0.3, -0.25) is 9.59 Å². The van der Waals surface area contributed by atoms with Crippen LogP contribution in [0.2, 0.25) is 0 Å². The van der Waals surface area contributed by atoms with Crippen molar-refractivity contribution < 1.29 is 9.59 Å². The smallest absolute Gasteiger partial charge is 0.239 e. The van der Waals surface area contributed by atoms with Gasteiger partial charge in [-0.1, -0.05) is 20.8 Å². The molecule has 0 aromatic rings. The van der Waals surface area contributed by atoms with Crippen molar-refractivity contribution in [1.82, 2.24) is 10.6 Å². The largest absolute Gasteiger partial charge is 0.352 e. The normalized spacial score (nSPS) is 12.3. The molecule has 0 aliphatic heterocycles. The molecule has 0 radical (unpaired) electrons. The molecule has 1 atom stereocenters. The third-order valence-electron chi connectivity index (χ3n) is 2.22. The monoisotopic (exact) mass is 215 g/mol. The molecule has 0 spiro atoms. The average Bonchev–Trinajstić information content (AvgIpc) is 2.21. The molecule has 2 amide bonds. The summed E-state index contributed by atoms with van der Waals surface area (Å²) in [6.07, 6.45) is 0.883. The lowest BCUT2D eigenvalue weighted by Crippen LogP contribution is -2.44. The van der Waals surface area contributed by atoms with Crippen molar-refractivity contribution in [1.29, 1.82) is 0 Å². The van der Waals surface area contributed by atoms with Crippen LogP contribution in [0.25, 0.3) is 0 Å². The van der Waals surface area contributed by atoms with E-state index >= 15 is 0 Å². The lowest BCUT2D eigenvalue weighted by Gasteiger charge is -2.20. The summed E-state index contributed by atoms with van der Waals surface area (Å²) in [5.74, 6) is -0.0933. The molecule has 0 fully saturated rings. The molecule has 0 aromatic heterocycles. The minimum atomic E-state index is -0.317. The van der Waals surface area contributed by atoms with Crippen LogP contribution in [0.3, 0.4) is 0 Å². The molecule has 4 N–H and O–H groups in total. The van der Waals surface area contributed by atoms with Gasteiger partial charge in [0.05, 0.1) is 13.1 Å². The first kappa shape index (κ1) is 13.9. The first-order valence-electron chi connectivity index (χ1n) is 5.27. The molecule has 0 aliphatic carbocycles. The van der Waals surface area contributed by atoms with Crippen LogP contribution >= 0.6 is 0 Å².